The summed E-state index contributed by atoms with van der Waals surface area (Å²) in [7, 11) is 1.27. The second-order valence-corrected chi connectivity index (χ2v) is 5.52. The van der Waals surface area contributed by atoms with Crippen LogP contribution >= 0.6 is 0 Å². The molecule has 0 N–H and O–H groups in total. The first-order chi connectivity index (χ1) is 11.1. The van der Waals surface area contributed by atoms with Crippen molar-refractivity contribution in [3.05, 3.63) is 34.3 Å². The number of fused-ring (bicyclic) bond motifs is 1. The molecule has 0 aliphatic heterocycles. The van der Waals surface area contributed by atoms with Gasteiger partial charge >= 0.3 is 17.7 Å². The van der Waals surface area contributed by atoms with E-state index in [1.807, 2.05) is 0 Å². The van der Waals surface area contributed by atoms with Gasteiger partial charge in [0, 0.05) is 0 Å². The average molecular weight is 319 g/mol. The van der Waals surface area contributed by atoms with Crippen molar-refractivity contribution in [3.8, 4) is 0 Å². The quantitative estimate of drug-likeness (QED) is 0.799. The fourth-order valence-electron chi connectivity index (χ4n) is 2.82. The molecule has 0 atom stereocenters. The molecule has 0 amide bonds. The minimum atomic E-state index is -0.662. The smallest absolute Gasteiger partial charge is 0.420 e. The van der Waals surface area contributed by atoms with Gasteiger partial charge in [-0.1, -0.05) is 0 Å². The summed E-state index contributed by atoms with van der Waals surface area (Å²) in [6.45, 7) is -0.208. The van der Waals surface area contributed by atoms with Gasteiger partial charge in [-0.3, -0.25) is 9.36 Å². The third kappa shape index (κ3) is 3.13. The van der Waals surface area contributed by atoms with Gasteiger partial charge in [0.05, 0.1) is 18.2 Å². The zero-order valence-electron chi connectivity index (χ0n) is 12.7. The van der Waals surface area contributed by atoms with E-state index in [1.54, 1.807) is 6.07 Å². The molecule has 1 aromatic carbocycles. The first-order valence-corrected chi connectivity index (χ1v) is 7.49. The van der Waals surface area contributed by atoms with E-state index in [9.17, 15) is 14.4 Å². The number of hydrogen-bond acceptors (Lipinski definition) is 6. The number of carbonyl (C=O) groups is 2. The van der Waals surface area contributed by atoms with Gasteiger partial charge in [0.2, 0.25) is 0 Å². The van der Waals surface area contributed by atoms with Crippen molar-refractivity contribution in [2.24, 2.45) is 0 Å². The van der Waals surface area contributed by atoms with Crippen molar-refractivity contribution in [2.75, 3.05) is 7.11 Å². The average Bonchev–Trinajstić information content (AvgIpc) is 3.14. The number of esters is 2. The fourth-order valence-corrected chi connectivity index (χ4v) is 2.82. The Morgan fingerprint density at radius 3 is 2.74 bits per heavy atom. The maximum atomic E-state index is 12.0. The minimum Gasteiger partial charge on any atom is -0.465 e. The number of nitrogens with zero attached hydrogens (tertiary/aromatic N) is 1. The number of carbonyl (C=O) groups excluding carboxylic acids is 2. The molecule has 0 saturated heterocycles. The van der Waals surface area contributed by atoms with E-state index in [1.165, 1.54) is 23.8 Å². The van der Waals surface area contributed by atoms with Gasteiger partial charge in [-0.05, 0) is 43.9 Å². The minimum absolute atomic E-state index is 0.0534. The SMILES string of the molecule is COC(=O)c1ccc2c(c1)oc(=O)n2CC(=O)OC1CCCC1. The molecule has 0 bridgehead atoms. The molecule has 2 aromatic rings. The first kappa shape index (κ1) is 15.3. The van der Waals surface area contributed by atoms with Gasteiger partial charge in [-0.25, -0.2) is 9.59 Å². The van der Waals surface area contributed by atoms with Crippen molar-refractivity contribution in [3.63, 3.8) is 0 Å². The van der Waals surface area contributed by atoms with Crippen LogP contribution in [0.4, 0.5) is 0 Å². The lowest BCUT2D eigenvalue weighted by molar-refractivity contribution is -0.149. The topological polar surface area (TPSA) is 87.7 Å². The van der Waals surface area contributed by atoms with Crippen LogP contribution in [0.2, 0.25) is 0 Å². The molecule has 3 rings (SSSR count). The number of rotatable bonds is 4. The molecular formula is C16H17NO6. The summed E-state index contributed by atoms with van der Waals surface area (Å²) in [4.78, 5) is 35.4. The van der Waals surface area contributed by atoms with E-state index in [4.69, 9.17) is 9.15 Å². The van der Waals surface area contributed by atoms with Gasteiger partial charge in [0.1, 0.15) is 12.6 Å². The molecule has 1 aromatic heterocycles. The zero-order valence-corrected chi connectivity index (χ0v) is 12.7. The lowest BCUT2D eigenvalue weighted by Crippen LogP contribution is -2.24. The molecule has 23 heavy (non-hydrogen) atoms. The van der Waals surface area contributed by atoms with Crippen LogP contribution in [-0.4, -0.2) is 29.7 Å². The molecule has 0 unspecified atom stereocenters. The van der Waals surface area contributed by atoms with Crippen LogP contribution in [0.3, 0.4) is 0 Å². The number of oxazole rings is 1. The van der Waals surface area contributed by atoms with Crippen LogP contribution in [-0.2, 0) is 20.8 Å². The highest BCUT2D eigenvalue weighted by Crippen LogP contribution is 2.21. The van der Waals surface area contributed by atoms with E-state index in [0.717, 1.165) is 25.7 Å². The Bertz CT molecular complexity index is 796. The normalized spacial score (nSPS) is 15.0. The Morgan fingerprint density at radius 1 is 1.30 bits per heavy atom. The molecule has 122 valence electrons. The number of ether oxygens (including phenoxy) is 2. The summed E-state index contributed by atoms with van der Waals surface area (Å²) in [6.07, 6.45) is 3.80. The van der Waals surface area contributed by atoms with Crippen LogP contribution in [0, 0.1) is 0 Å². The molecular weight excluding hydrogens is 302 g/mol. The lowest BCUT2D eigenvalue weighted by Gasteiger charge is -2.11. The van der Waals surface area contributed by atoms with Gasteiger partial charge in [0.15, 0.2) is 5.58 Å². The zero-order chi connectivity index (χ0) is 16.4. The van der Waals surface area contributed by atoms with Crippen molar-refractivity contribution in [1.29, 1.82) is 0 Å². The number of benzene rings is 1. The van der Waals surface area contributed by atoms with E-state index < -0.39 is 17.7 Å². The van der Waals surface area contributed by atoms with Crippen LogP contribution in [0.1, 0.15) is 36.0 Å². The molecule has 1 aliphatic carbocycles. The largest absolute Gasteiger partial charge is 0.465 e. The van der Waals surface area contributed by atoms with E-state index >= 15 is 0 Å². The molecule has 7 nitrogen and oxygen atoms in total. The third-order valence-corrected chi connectivity index (χ3v) is 3.98. The highest BCUT2D eigenvalue weighted by Gasteiger charge is 2.21. The maximum absolute atomic E-state index is 12.0. The van der Waals surface area contributed by atoms with Crippen molar-refractivity contribution in [2.45, 2.75) is 38.3 Å². The second kappa shape index (κ2) is 6.28. The Hall–Kier alpha value is -2.57. The van der Waals surface area contributed by atoms with Crippen molar-refractivity contribution >= 4 is 23.0 Å². The van der Waals surface area contributed by atoms with E-state index in [2.05, 4.69) is 4.74 Å². The van der Waals surface area contributed by atoms with E-state index in [-0.39, 0.29) is 23.8 Å². The number of hydrogen-bond donors (Lipinski definition) is 0. The molecule has 0 radical (unpaired) electrons. The lowest BCUT2D eigenvalue weighted by atomic mass is 10.2. The standard InChI is InChI=1S/C16H17NO6/c1-21-15(19)10-6-7-12-13(8-10)23-16(20)17(12)9-14(18)22-11-4-2-3-5-11/h6-8,11H,2-5,9H2,1H3. The highest BCUT2D eigenvalue weighted by molar-refractivity contribution is 5.93. The summed E-state index contributed by atoms with van der Waals surface area (Å²) in [6, 6.07) is 4.48. The Morgan fingerprint density at radius 2 is 2.04 bits per heavy atom. The summed E-state index contributed by atoms with van der Waals surface area (Å²) in [5.41, 5.74) is 0.937. The Kier molecular flexibility index (Phi) is 4.18. The van der Waals surface area contributed by atoms with Gasteiger partial charge in [0.25, 0.3) is 0 Å². The Balaban J connectivity index is 1.83. The second-order valence-electron chi connectivity index (χ2n) is 5.52. The molecule has 7 heteroatoms. The number of aromatic nitrogens is 1. The van der Waals surface area contributed by atoms with Crippen LogP contribution in [0.15, 0.2) is 27.4 Å². The van der Waals surface area contributed by atoms with Crippen LogP contribution in [0.25, 0.3) is 11.1 Å². The molecule has 1 fully saturated rings. The molecule has 1 saturated carbocycles. The summed E-state index contributed by atoms with van der Waals surface area (Å²) in [5.74, 6) is -1.65. The molecule has 1 aliphatic rings. The summed E-state index contributed by atoms with van der Waals surface area (Å²) < 4.78 is 16.3. The monoisotopic (exact) mass is 319 g/mol. The summed E-state index contributed by atoms with van der Waals surface area (Å²) in [5, 5.41) is 0. The van der Waals surface area contributed by atoms with Crippen LogP contribution < -0.4 is 5.76 Å². The fraction of sp³-hybridized carbons (Fsp3) is 0.438. The molecule has 1 heterocycles. The third-order valence-electron chi connectivity index (χ3n) is 3.98. The van der Waals surface area contributed by atoms with E-state index in [0.29, 0.717) is 5.52 Å². The van der Waals surface area contributed by atoms with Gasteiger partial charge in [-0.15, -0.1) is 0 Å². The van der Waals surface area contributed by atoms with Crippen LogP contribution in [0.5, 0.6) is 0 Å². The van der Waals surface area contributed by atoms with Crippen molar-refractivity contribution in [1.82, 2.24) is 4.57 Å². The molecule has 0 spiro atoms. The highest BCUT2D eigenvalue weighted by atomic mass is 16.5. The predicted octanol–water partition coefficient (Wildman–Crippen LogP) is 1.87. The summed E-state index contributed by atoms with van der Waals surface area (Å²) >= 11 is 0. The van der Waals surface area contributed by atoms with Crippen molar-refractivity contribution < 1.29 is 23.5 Å². The maximum Gasteiger partial charge on any atom is 0.420 e. The first-order valence-electron chi connectivity index (χ1n) is 7.49. The Labute approximate surface area is 131 Å². The van der Waals surface area contributed by atoms with Gasteiger partial charge < -0.3 is 13.9 Å². The number of methoxy groups -OCH3 is 1. The predicted molar refractivity (Wildman–Crippen MR) is 80.2 cm³/mol. The van der Waals surface area contributed by atoms with Gasteiger partial charge in [-0.2, -0.15) is 0 Å².